The normalized spacial score (nSPS) is 10.3. The minimum absolute atomic E-state index is 0.307. The second-order valence-electron chi connectivity index (χ2n) is 4.02. The third-order valence-electron chi connectivity index (χ3n) is 2.50. The van der Waals surface area contributed by atoms with Gasteiger partial charge in [0.2, 0.25) is 5.88 Å². The van der Waals surface area contributed by atoms with Gasteiger partial charge in [-0.05, 0) is 48.2 Å². The molecule has 0 saturated carbocycles. The maximum atomic E-state index is 12.8. The Morgan fingerprint density at radius 3 is 2.43 bits per heavy atom. The first-order valence-electron chi connectivity index (χ1n) is 6.14. The van der Waals surface area contributed by atoms with Crippen LogP contribution in [-0.2, 0) is 0 Å². The topological polar surface area (TPSA) is 47.9 Å². The van der Waals surface area contributed by atoms with Gasteiger partial charge in [-0.1, -0.05) is 0 Å². The highest BCUT2D eigenvalue weighted by Gasteiger charge is 2.04. The Balaban J connectivity index is 1.75. The molecule has 0 amide bonds. The van der Waals surface area contributed by atoms with Crippen molar-refractivity contribution in [1.82, 2.24) is 15.0 Å². The molecular formula is C15H10FN3OS. The molecule has 0 bridgehead atoms. The summed E-state index contributed by atoms with van der Waals surface area (Å²) in [4.78, 5) is 13.4. The van der Waals surface area contributed by atoms with Crippen LogP contribution in [0, 0.1) is 5.82 Å². The van der Waals surface area contributed by atoms with E-state index in [1.165, 1.54) is 23.9 Å². The third kappa shape index (κ3) is 3.76. The number of hydrogen-bond donors (Lipinski definition) is 0. The number of aromatic nitrogens is 3. The lowest BCUT2D eigenvalue weighted by atomic mass is 10.3. The Hall–Kier alpha value is -2.47. The maximum Gasteiger partial charge on any atom is 0.223 e. The highest BCUT2D eigenvalue weighted by molar-refractivity contribution is 7.99. The van der Waals surface area contributed by atoms with Crippen LogP contribution in [-0.4, -0.2) is 15.0 Å². The van der Waals surface area contributed by atoms with Gasteiger partial charge in [-0.15, -0.1) is 0 Å². The molecule has 0 aliphatic rings. The van der Waals surface area contributed by atoms with E-state index in [4.69, 9.17) is 4.74 Å². The summed E-state index contributed by atoms with van der Waals surface area (Å²) in [5.41, 5.74) is 0. The predicted molar refractivity (Wildman–Crippen MR) is 76.9 cm³/mol. The van der Waals surface area contributed by atoms with E-state index in [9.17, 15) is 4.39 Å². The zero-order valence-corrected chi connectivity index (χ0v) is 11.6. The molecule has 0 unspecified atom stereocenters. The van der Waals surface area contributed by atoms with Crippen LogP contribution in [0.15, 0.2) is 71.1 Å². The van der Waals surface area contributed by atoms with Gasteiger partial charge in [-0.2, -0.15) is 4.98 Å². The minimum atomic E-state index is -0.307. The van der Waals surface area contributed by atoms with Gasteiger partial charge in [-0.3, -0.25) is 4.98 Å². The van der Waals surface area contributed by atoms with E-state index in [1.807, 2.05) is 12.1 Å². The van der Waals surface area contributed by atoms with Crippen LogP contribution in [0.1, 0.15) is 0 Å². The SMILES string of the molecule is Fc1ccc(Oc2ccnc(Sc3ccncc3)n2)cc1. The molecule has 0 aliphatic heterocycles. The summed E-state index contributed by atoms with van der Waals surface area (Å²) < 4.78 is 18.4. The van der Waals surface area contributed by atoms with Crippen molar-refractivity contribution in [2.24, 2.45) is 0 Å². The second kappa shape index (κ2) is 6.32. The third-order valence-corrected chi connectivity index (χ3v) is 3.39. The van der Waals surface area contributed by atoms with Crippen molar-refractivity contribution in [3.8, 4) is 11.6 Å². The summed E-state index contributed by atoms with van der Waals surface area (Å²) >= 11 is 1.41. The number of pyridine rings is 1. The van der Waals surface area contributed by atoms with Gasteiger partial charge in [0.05, 0.1) is 0 Å². The maximum absolute atomic E-state index is 12.8. The van der Waals surface area contributed by atoms with Crippen LogP contribution < -0.4 is 4.74 Å². The van der Waals surface area contributed by atoms with E-state index < -0.39 is 0 Å². The molecule has 0 atom stereocenters. The standard InChI is InChI=1S/C15H10FN3OS/c16-11-1-3-12(4-2-11)20-14-7-10-18-15(19-14)21-13-5-8-17-9-6-13/h1-10H. The van der Waals surface area contributed by atoms with Crippen molar-refractivity contribution in [3.63, 3.8) is 0 Å². The van der Waals surface area contributed by atoms with Gasteiger partial charge in [0.15, 0.2) is 5.16 Å². The smallest absolute Gasteiger partial charge is 0.223 e. The Morgan fingerprint density at radius 2 is 1.67 bits per heavy atom. The lowest BCUT2D eigenvalue weighted by Crippen LogP contribution is -1.91. The lowest BCUT2D eigenvalue weighted by molar-refractivity contribution is 0.454. The first-order valence-corrected chi connectivity index (χ1v) is 6.95. The summed E-state index contributed by atoms with van der Waals surface area (Å²) in [7, 11) is 0. The van der Waals surface area contributed by atoms with Crippen LogP contribution in [0.25, 0.3) is 0 Å². The van der Waals surface area contributed by atoms with Gasteiger partial charge in [0, 0.05) is 29.6 Å². The summed E-state index contributed by atoms with van der Waals surface area (Å²) in [5.74, 6) is 0.627. The van der Waals surface area contributed by atoms with Gasteiger partial charge in [0.1, 0.15) is 11.6 Å². The zero-order chi connectivity index (χ0) is 14.5. The predicted octanol–water partition coefficient (Wildman–Crippen LogP) is 3.95. The van der Waals surface area contributed by atoms with Gasteiger partial charge in [0.25, 0.3) is 0 Å². The van der Waals surface area contributed by atoms with Crippen molar-refractivity contribution in [2.75, 3.05) is 0 Å². The van der Waals surface area contributed by atoms with E-state index in [1.54, 1.807) is 36.8 Å². The fourth-order valence-electron chi connectivity index (χ4n) is 1.57. The molecule has 104 valence electrons. The van der Waals surface area contributed by atoms with Crippen molar-refractivity contribution in [2.45, 2.75) is 10.1 Å². The first kappa shape index (κ1) is 13.5. The minimum Gasteiger partial charge on any atom is -0.439 e. The van der Waals surface area contributed by atoms with Crippen molar-refractivity contribution < 1.29 is 9.13 Å². The van der Waals surface area contributed by atoms with E-state index in [-0.39, 0.29) is 5.82 Å². The average molecular weight is 299 g/mol. The summed E-state index contributed by atoms with van der Waals surface area (Å²) in [6, 6.07) is 11.2. The molecule has 2 heterocycles. The number of ether oxygens (including phenoxy) is 1. The van der Waals surface area contributed by atoms with Crippen LogP contribution in [0.4, 0.5) is 4.39 Å². The average Bonchev–Trinajstić information content (AvgIpc) is 2.51. The Kier molecular flexibility index (Phi) is 4.07. The highest BCUT2D eigenvalue weighted by atomic mass is 32.2. The molecule has 1 aromatic carbocycles. The molecule has 6 heteroatoms. The van der Waals surface area contributed by atoms with Crippen LogP contribution in [0.5, 0.6) is 11.6 Å². The number of nitrogens with zero attached hydrogens (tertiary/aromatic N) is 3. The summed E-state index contributed by atoms with van der Waals surface area (Å²) in [5, 5.41) is 0.570. The highest BCUT2D eigenvalue weighted by Crippen LogP contribution is 2.26. The van der Waals surface area contributed by atoms with Crippen LogP contribution in [0.2, 0.25) is 0 Å². The molecule has 2 aromatic heterocycles. The quantitative estimate of drug-likeness (QED) is 0.683. The fourth-order valence-corrected chi connectivity index (χ4v) is 2.28. The molecular weight excluding hydrogens is 289 g/mol. The van der Waals surface area contributed by atoms with Gasteiger partial charge >= 0.3 is 0 Å². The van der Waals surface area contributed by atoms with E-state index in [2.05, 4.69) is 15.0 Å². The van der Waals surface area contributed by atoms with Gasteiger partial charge < -0.3 is 4.74 Å². The molecule has 0 fully saturated rings. The van der Waals surface area contributed by atoms with Gasteiger partial charge in [-0.25, -0.2) is 9.37 Å². The molecule has 4 nitrogen and oxygen atoms in total. The number of halogens is 1. The summed E-state index contributed by atoms with van der Waals surface area (Å²) in [6.07, 6.45) is 5.04. The second-order valence-corrected chi connectivity index (χ2v) is 5.06. The monoisotopic (exact) mass is 299 g/mol. The fraction of sp³-hybridized carbons (Fsp3) is 0. The van der Waals surface area contributed by atoms with Crippen molar-refractivity contribution >= 4 is 11.8 Å². The Morgan fingerprint density at radius 1 is 0.905 bits per heavy atom. The van der Waals surface area contributed by atoms with E-state index in [0.717, 1.165) is 4.90 Å². The molecule has 3 aromatic rings. The zero-order valence-electron chi connectivity index (χ0n) is 10.8. The van der Waals surface area contributed by atoms with Crippen molar-refractivity contribution in [1.29, 1.82) is 0 Å². The van der Waals surface area contributed by atoms with E-state index in [0.29, 0.717) is 16.8 Å². The van der Waals surface area contributed by atoms with Crippen LogP contribution in [0.3, 0.4) is 0 Å². The molecule has 0 spiro atoms. The first-order chi connectivity index (χ1) is 10.3. The molecule has 3 rings (SSSR count). The number of rotatable bonds is 4. The molecule has 0 aliphatic carbocycles. The largest absolute Gasteiger partial charge is 0.439 e. The number of hydrogen-bond acceptors (Lipinski definition) is 5. The van der Waals surface area contributed by atoms with Crippen LogP contribution >= 0.6 is 11.8 Å². The lowest BCUT2D eigenvalue weighted by Gasteiger charge is -2.05. The summed E-state index contributed by atoms with van der Waals surface area (Å²) in [6.45, 7) is 0. The van der Waals surface area contributed by atoms with E-state index >= 15 is 0 Å². The number of benzene rings is 1. The Bertz CT molecular complexity index is 722. The molecule has 0 radical (unpaired) electrons. The van der Waals surface area contributed by atoms with Crippen molar-refractivity contribution in [3.05, 3.63) is 66.9 Å². The Labute approximate surface area is 125 Å². The molecule has 21 heavy (non-hydrogen) atoms. The molecule has 0 saturated heterocycles. The molecule has 0 N–H and O–H groups in total.